The molecule has 8 heteroatoms. The second-order valence-electron chi connectivity index (χ2n) is 4.06. The highest BCUT2D eigenvalue weighted by molar-refractivity contribution is 5.95. The van der Waals surface area contributed by atoms with Crippen LogP contribution < -0.4 is 5.73 Å². The quantitative estimate of drug-likeness (QED) is 0.429. The number of aliphatic hydroxyl groups is 3. The molecule has 2 aliphatic heterocycles. The van der Waals surface area contributed by atoms with Crippen molar-refractivity contribution in [3.63, 3.8) is 0 Å². The lowest BCUT2D eigenvalue weighted by Crippen LogP contribution is -2.49. The van der Waals surface area contributed by atoms with Gasteiger partial charge in [0.15, 0.2) is 6.23 Å². The molecule has 0 saturated carbocycles. The average molecular weight is 245 g/mol. The zero-order valence-corrected chi connectivity index (χ0v) is 9.06. The first-order valence-corrected chi connectivity index (χ1v) is 5.30. The van der Waals surface area contributed by atoms with Gasteiger partial charge in [0.1, 0.15) is 24.1 Å². The van der Waals surface area contributed by atoms with Crippen LogP contribution in [0.1, 0.15) is 6.42 Å². The van der Waals surface area contributed by atoms with Gasteiger partial charge in [-0.25, -0.2) is 4.79 Å². The Labute approximate surface area is 97.3 Å². The van der Waals surface area contributed by atoms with Crippen LogP contribution >= 0.6 is 0 Å². The first-order chi connectivity index (χ1) is 8.04. The molecule has 17 heavy (non-hydrogen) atoms. The summed E-state index contributed by atoms with van der Waals surface area (Å²) >= 11 is 0. The van der Waals surface area contributed by atoms with Gasteiger partial charge >= 0.3 is 6.03 Å². The molecule has 0 aliphatic carbocycles. The number of hydrogen-bond acceptors (Lipinski definition) is 6. The van der Waals surface area contributed by atoms with Gasteiger partial charge in [-0.15, -0.1) is 0 Å². The number of carbonyl (C=O) groups excluding carboxylic acids is 1. The van der Waals surface area contributed by atoms with Crippen LogP contribution in [0.4, 0.5) is 4.79 Å². The number of amidine groups is 1. The predicted molar refractivity (Wildman–Crippen MR) is 56.1 cm³/mol. The number of aliphatic hydroxyl groups excluding tert-OH is 3. The van der Waals surface area contributed by atoms with Gasteiger partial charge in [0.25, 0.3) is 0 Å². The monoisotopic (exact) mass is 245 g/mol. The van der Waals surface area contributed by atoms with E-state index in [4.69, 9.17) is 15.6 Å². The minimum absolute atomic E-state index is 0.234. The Bertz CT molecular complexity index is 348. The van der Waals surface area contributed by atoms with Gasteiger partial charge in [-0.3, -0.25) is 4.90 Å². The van der Waals surface area contributed by atoms with E-state index in [1.54, 1.807) is 0 Å². The number of aliphatic imine (C=N–C) groups is 1. The van der Waals surface area contributed by atoms with Crippen LogP contribution in [-0.2, 0) is 4.74 Å². The molecule has 5 N–H and O–H groups in total. The van der Waals surface area contributed by atoms with E-state index in [2.05, 4.69) is 4.99 Å². The van der Waals surface area contributed by atoms with Crippen LogP contribution in [-0.4, -0.2) is 69.8 Å². The fraction of sp³-hybridized carbons (Fsp3) is 0.778. The lowest BCUT2D eigenvalue weighted by Gasteiger charge is -2.30. The lowest BCUT2D eigenvalue weighted by molar-refractivity contribution is -0.0780. The first kappa shape index (κ1) is 12.2. The topological polar surface area (TPSA) is 129 Å². The fourth-order valence-electron chi connectivity index (χ4n) is 1.95. The van der Waals surface area contributed by atoms with E-state index in [1.807, 2.05) is 0 Å². The van der Waals surface area contributed by atoms with Gasteiger partial charge in [-0.2, -0.15) is 4.99 Å². The molecule has 8 nitrogen and oxygen atoms in total. The van der Waals surface area contributed by atoms with Crippen molar-refractivity contribution >= 4 is 11.9 Å². The molecule has 0 aromatic carbocycles. The average Bonchev–Trinajstić information content (AvgIpc) is 2.57. The van der Waals surface area contributed by atoms with Crippen LogP contribution in [0.25, 0.3) is 0 Å². The predicted octanol–water partition coefficient (Wildman–Crippen LogP) is -2.39. The third-order valence-electron chi connectivity index (χ3n) is 2.92. The van der Waals surface area contributed by atoms with E-state index in [0.717, 1.165) is 0 Å². The molecule has 0 bridgehead atoms. The molecule has 1 saturated heterocycles. The van der Waals surface area contributed by atoms with Crippen LogP contribution in [0.2, 0.25) is 0 Å². The van der Waals surface area contributed by atoms with E-state index >= 15 is 0 Å². The minimum Gasteiger partial charge on any atom is -0.394 e. The summed E-state index contributed by atoms with van der Waals surface area (Å²) in [7, 11) is 0. The van der Waals surface area contributed by atoms with E-state index in [9.17, 15) is 15.0 Å². The first-order valence-electron chi connectivity index (χ1n) is 5.30. The second-order valence-corrected chi connectivity index (χ2v) is 4.06. The Morgan fingerprint density at radius 3 is 2.71 bits per heavy atom. The van der Waals surface area contributed by atoms with Crippen LogP contribution in [0.5, 0.6) is 0 Å². The summed E-state index contributed by atoms with van der Waals surface area (Å²) in [5.74, 6) is 0.234. The molecule has 2 heterocycles. The summed E-state index contributed by atoms with van der Waals surface area (Å²) in [4.78, 5) is 16.3. The highest BCUT2D eigenvalue weighted by atomic mass is 16.6. The maximum atomic E-state index is 11.6. The SMILES string of the molecule is NC1=NC(=O)N([C@@H]2O[C@H](CO)[C@H](O)C2O)CC1. The van der Waals surface area contributed by atoms with Crippen molar-refractivity contribution in [2.24, 2.45) is 10.7 Å². The van der Waals surface area contributed by atoms with Crippen molar-refractivity contribution in [3.05, 3.63) is 0 Å². The molecule has 0 aromatic heterocycles. The molecule has 2 aliphatic rings. The number of rotatable bonds is 2. The molecule has 1 fully saturated rings. The molecular weight excluding hydrogens is 230 g/mol. The third kappa shape index (κ3) is 2.12. The molecule has 1 unspecified atom stereocenters. The molecule has 2 amide bonds. The largest absolute Gasteiger partial charge is 0.394 e. The normalized spacial score (nSPS) is 38.4. The van der Waals surface area contributed by atoms with Crippen molar-refractivity contribution in [3.8, 4) is 0 Å². The maximum Gasteiger partial charge on any atom is 0.347 e. The van der Waals surface area contributed by atoms with Gasteiger partial charge in [0.2, 0.25) is 0 Å². The highest BCUT2D eigenvalue weighted by Gasteiger charge is 2.47. The van der Waals surface area contributed by atoms with E-state index < -0.39 is 37.2 Å². The van der Waals surface area contributed by atoms with E-state index in [0.29, 0.717) is 6.42 Å². The van der Waals surface area contributed by atoms with Crippen LogP contribution in [0.3, 0.4) is 0 Å². The zero-order valence-electron chi connectivity index (χ0n) is 9.06. The molecule has 2 rings (SSSR count). The third-order valence-corrected chi connectivity index (χ3v) is 2.92. The van der Waals surface area contributed by atoms with Gasteiger partial charge in [-0.1, -0.05) is 0 Å². The number of carbonyl (C=O) groups is 1. The summed E-state index contributed by atoms with van der Waals surface area (Å²) in [5.41, 5.74) is 5.41. The molecule has 4 atom stereocenters. The van der Waals surface area contributed by atoms with E-state index in [-0.39, 0.29) is 12.4 Å². The van der Waals surface area contributed by atoms with Crippen molar-refractivity contribution in [2.75, 3.05) is 13.2 Å². The standard InChI is InChI=1S/C9H15N3O5/c10-5-1-2-12(9(16)11-5)8-7(15)6(14)4(3-13)17-8/h4,6-8,13-15H,1-3H2,(H2,10,11,16)/t4-,6+,7?,8-/m1/s1. The Balaban J connectivity index is 2.11. The van der Waals surface area contributed by atoms with Crippen molar-refractivity contribution in [2.45, 2.75) is 31.0 Å². The maximum absolute atomic E-state index is 11.6. The molecular formula is C9H15N3O5. The smallest absolute Gasteiger partial charge is 0.347 e. The molecule has 0 spiro atoms. The summed E-state index contributed by atoms with van der Waals surface area (Å²) in [6.07, 6.45) is -3.98. The number of nitrogens with two attached hydrogens (primary N) is 1. The van der Waals surface area contributed by atoms with Crippen molar-refractivity contribution in [1.29, 1.82) is 0 Å². The van der Waals surface area contributed by atoms with Gasteiger partial charge < -0.3 is 25.8 Å². The van der Waals surface area contributed by atoms with Crippen LogP contribution in [0, 0.1) is 0 Å². The zero-order chi connectivity index (χ0) is 12.6. The van der Waals surface area contributed by atoms with Crippen LogP contribution in [0.15, 0.2) is 4.99 Å². The summed E-state index contributed by atoms with van der Waals surface area (Å²) in [5, 5.41) is 28.2. The minimum atomic E-state index is -1.26. The van der Waals surface area contributed by atoms with Gasteiger partial charge in [0.05, 0.1) is 6.61 Å². The molecule has 0 aromatic rings. The van der Waals surface area contributed by atoms with Gasteiger partial charge in [0, 0.05) is 13.0 Å². The Morgan fingerprint density at radius 1 is 1.47 bits per heavy atom. The van der Waals surface area contributed by atoms with Crippen molar-refractivity contribution in [1.82, 2.24) is 4.90 Å². The summed E-state index contributed by atoms with van der Waals surface area (Å²) in [6, 6.07) is -0.608. The van der Waals surface area contributed by atoms with Gasteiger partial charge in [-0.05, 0) is 0 Å². The number of ether oxygens (including phenoxy) is 1. The number of amides is 2. The van der Waals surface area contributed by atoms with E-state index in [1.165, 1.54) is 4.90 Å². The van der Waals surface area contributed by atoms with Crippen molar-refractivity contribution < 1.29 is 24.9 Å². The number of urea groups is 1. The number of hydrogen-bond donors (Lipinski definition) is 4. The Kier molecular flexibility index (Phi) is 3.29. The second kappa shape index (κ2) is 4.57. The highest BCUT2D eigenvalue weighted by Crippen LogP contribution is 2.25. The summed E-state index contributed by atoms with van der Waals surface area (Å²) in [6.45, 7) is -0.164. The number of nitrogens with zero attached hydrogens (tertiary/aromatic N) is 2. The lowest BCUT2D eigenvalue weighted by atomic mass is 10.1. The Morgan fingerprint density at radius 2 is 2.18 bits per heavy atom. The molecule has 0 radical (unpaired) electrons. The summed E-state index contributed by atoms with van der Waals surface area (Å²) < 4.78 is 5.23. The Hall–Kier alpha value is -1.22. The molecule has 96 valence electrons. The fourth-order valence-corrected chi connectivity index (χ4v) is 1.95.